The summed E-state index contributed by atoms with van der Waals surface area (Å²) >= 11 is 0. The van der Waals surface area contributed by atoms with Crippen molar-refractivity contribution in [3.63, 3.8) is 0 Å². The van der Waals surface area contributed by atoms with Gasteiger partial charge in [-0.3, -0.25) is 14.4 Å². The Bertz CT molecular complexity index is 1020. The van der Waals surface area contributed by atoms with Gasteiger partial charge in [-0.05, 0) is 35.9 Å². The molecular formula is C22H24N4O6. The Morgan fingerprint density at radius 3 is 2.44 bits per heavy atom. The fourth-order valence-electron chi connectivity index (χ4n) is 3.04. The van der Waals surface area contributed by atoms with Crippen LogP contribution >= 0.6 is 0 Å². The molecule has 0 aromatic heterocycles. The number of hydrazone groups is 1. The van der Waals surface area contributed by atoms with E-state index in [4.69, 9.17) is 14.2 Å². The minimum atomic E-state index is -0.977. The van der Waals surface area contributed by atoms with E-state index in [1.165, 1.54) is 20.4 Å². The van der Waals surface area contributed by atoms with E-state index >= 15 is 0 Å². The summed E-state index contributed by atoms with van der Waals surface area (Å²) in [5.74, 6) is -1.11. The lowest BCUT2D eigenvalue weighted by Crippen LogP contribution is -2.41. The minimum Gasteiger partial charge on any atom is -0.493 e. The summed E-state index contributed by atoms with van der Waals surface area (Å²) < 4.78 is 15.6. The predicted octanol–water partition coefficient (Wildman–Crippen LogP) is 1.26. The summed E-state index contributed by atoms with van der Waals surface area (Å²) in [4.78, 5) is 38.9. The molecule has 0 spiro atoms. The van der Waals surface area contributed by atoms with Crippen molar-refractivity contribution >= 4 is 29.6 Å². The number of rotatable bonds is 6. The molecule has 168 valence electrons. The van der Waals surface area contributed by atoms with Crippen LogP contribution in [0.2, 0.25) is 0 Å². The van der Waals surface area contributed by atoms with Crippen LogP contribution in [0.5, 0.6) is 11.5 Å². The van der Waals surface area contributed by atoms with E-state index in [0.717, 1.165) is 0 Å². The molecule has 0 saturated carbocycles. The largest absolute Gasteiger partial charge is 0.493 e. The van der Waals surface area contributed by atoms with Crippen LogP contribution in [0.1, 0.15) is 15.9 Å². The Morgan fingerprint density at radius 2 is 1.72 bits per heavy atom. The van der Waals surface area contributed by atoms with E-state index in [1.54, 1.807) is 47.4 Å². The van der Waals surface area contributed by atoms with E-state index < -0.39 is 11.8 Å². The zero-order valence-corrected chi connectivity index (χ0v) is 17.8. The predicted molar refractivity (Wildman–Crippen MR) is 117 cm³/mol. The second-order valence-corrected chi connectivity index (χ2v) is 6.72. The van der Waals surface area contributed by atoms with Crippen LogP contribution < -0.4 is 20.2 Å². The SMILES string of the molecule is COc1ccc(C=NNC(=O)C(=O)Nc2ccccc2C(=O)N2CCOCC2)cc1OC. The lowest BCUT2D eigenvalue weighted by Gasteiger charge is -2.27. The van der Waals surface area contributed by atoms with Gasteiger partial charge in [0.05, 0.1) is 44.9 Å². The summed E-state index contributed by atoms with van der Waals surface area (Å²) in [5.41, 5.74) is 3.33. The van der Waals surface area contributed by atoms with Crippen molar-refractivity contribution in [1.82, 2.24) is 10.3 Å². The number of morpholine rings is 1. The molecule has 2 aromatic rings. The second-order valence-electron chi connectivity index (χ2n) is 6.72. The highest BCUT2D eigenvalue weighted by atomic mass is 16.5. The maximum atomic E-state index is 12.8. The van der Waals surface area contributed by atoms with Gasteiger partial charge in [-0.1, -0.05) is 12.1 Å². The third kappa shape index (κ3) is 5.61. The normalized spacial score (nSPS) is 13.5. The van der Waals surface area contributed by atoms with Crippen LogP contribution in [0.25, 0.3) is 0 Å². The van der Waals surface area contributed by atoms with E-state index in [-0.39, 0.29) is 11.6 Å². The number of benzene rings is 2. The molecule has 10 nitrogen and oxygen atoms in total. The first-order valence-electron chi connectivity index (χ1n) is 9.86. The standard InChI is InChI=1S/C22H24N4O6/c1-30-18-8-7-15(13-19(18)31-2)14-23-25-21(28)20(27)24-17-6-4-3-5-16(17)22(29)26-9-11-32-12-10-26/h3-8,13-14H,9-12H2,1-2H3,(H,24,27)(H,25,28). The zero-order valence-electron chi connectivity index (χ0n) is 17.8. The first kappa shape index (κ1) is 22.8. The number of carbonyl (C=O) groups is 3. The number of hydrogen-bond donors (Lipinski definition) is 2. The molecule has 1 saturated heterocycles. The van der Waals surface area contributed by atoms with E-state index in [0.29, 0.717) is 48.9 Å². The van der Waals surface area contributed by atoms with Gasteiger partial charge in [-0.15, -0.1) is 0 Å². The highest BCUT2D eigenvalue weighted by Crippen LogP contribution is 2.26. The van der Waals surface area contributed by atoms with Crippen molar-refractivity contribution in [2.75, 3.05) is 45.8 Å². The van der Waals surface area contributed by atoms with Crippen molar-refractivity contribution in [1.29, 1.82) is 0 Å². The lowest BCUT2D eigenvalue weighted by molar-refractivity contribution is -0.136. The van der Waals surface area contributed by atoms with Gasteiger partial charge >= 0.3 is 11.8 Å². The molecule has 1 aliphatic heterocycles. The van der Waals surface area contributed by atoms with Crippen molar-refractivity contribution in [2.24, 2.45) is 5.10 Å². The Labute approximate surface area is 185 Å². The van der Waals surface area contributed by atoms with Crippen molar-refractivity contribution < 1.29 is 28.6 Å². The number of hydrogen-bond acceptors (Lipinski definition) is 7. The van der Waals surface area contributed by atoms with Crippen LogP contribution in [0.4, 0.5) is 5.69 Å². The molecule has 0 bridgehead atoms. The number of methoxy groups -OCH3 is 2. The molecule has 3 amide bonds. The van der Waals surface area contributed by atoms with Crippen LogP contribution in [-0.2, 0) is 14.3 Å². The van der Waals surface area contributed by atoms with Crippen LogP contribution in [0.3, 0.4) is 0 Å². The van der Waals surface area contributed by atoms with Gasteiger partial charge in [0.15, 0.2) is 11.5 Å². The van der Waals surface area contributed by atoms with E-state index in [2.05, 4.69) is 15.8 Å². The van der Waals surface area contributed by atoms with Crippen LogP contribution in [-0.4, -0.2) is 69.4 Å². The Morgan fingerprint density at radius 1 is 1.00 bits per heavy atom. The fourth-order valence-corrected chi connectivity index (χ4v) is 3.04. The van der Waals surface area contributed by atoms with Gasteiger partial charge in [0.1, 0.15) is 0 Å². The van der Waals surface area contributed by atoms with Gasteiger partial charge < -0.3 is 24.4 Å². The maximum Gasteiger partial charge on any atom is 0.329 e. The number of ether oxygens (including phenoxy) is 3. The number of nitrogens with zero attached hydrogens (tertiary/aromatic N) is 2. The third-order valence-electron chi connectivity index (χ3n) is 4.70. The Hall–Kier alpha value is -3.92. The summed E-state index contributed by atoms with van der Waals surface area (Å²) in [6, 6.07) is 11.6. The van der Waals surface area contributed by atoms with Gasteiger partial charge in [0, 0.05) is 13.1 Å². The molecule has 3 rings (SSSR count). The molecule has 0 unspecified atom stereocenters. The molecule has 1 fully saturated rings. The van der Waals surface area contributed by atoms with Crippen molar-refractivity contribution in [3.05, 3.63) is 53.6 Å². The number of para-hydroxylation sites is 1. The van der Waals surface area contributed by atoms with E-state index in [9.17, 15) is 14.4 Å². The number of carbonyl (C=O) groups excluding carboxylic acids is 3. The van der Waals surface area contributed by atoms with Crippen LogP contribution in [0, 0.1) is 0 Å². The number of anilines is 1. The van der Waals surface area contributed by atoms with Crippen molar-refractivity contribution in [3.8, 4) is 11.5 Å². The fraction of sp³-hybridized carbons (Fsp3) is 0.273. The summed E-state index contributed by atoms with van der Waals surface area (Å²) in [7, 11) is 3.03. The second kappa shape index (κ2) is 10.9. The maximum absolute atomic E-state index is 12.8. The van der Waals surface area contributed by atoms with Crippen molar-refractivity contribution in [2.45, 2.75) is 0 Å². The first-order valence-corrected chi connectivity index (χ1v) is 9.86. The third-order valence-corrected chi connectivity index (χ3v) is 4.70. The topological polar surface area (TPSA) is 119 Å². The summed E-state index contributed by atoms with van der Waals surface area (Å²) in [6.45, 7) is 1.85. The first-order chi connectivity index (χ1) is 15.5. The van der Waals surface area contributed by atoms with Gasteiger partial charge in [-0.25, -0.2) is 5.43 Å². The number of nitrogens with one attached hydrogen (secondary N) is 2. The minimum absolute atomic E-state index is 0.240. The highest BCUT2D eigenvalue weighted by Gasteiger charge is 2.22. The summed E-state index contributed by atoms with van der Waals surface area (Å²) in [6.07, 6.45) is 1.36. The average Bonchev–Trinajstić information content (AvgIpc) is 2.84. The molecule has 2 N–H and O–H groups in total. The Balaban J connectivity index is 1.62. The van der Waals surface area contributed by atoms with Gasteiger partial charge in [0.25, 0.3) is 5.91 Å². The Kier molecular flexibility index (Phi) is 7.76. The molecular weight excluding hydrogens is 416 g/mol. The molecule has 1 aliphatic rings. The van der Waals surface area contributed by atoms with Crippen LogP contribution in [0.15, 0.2) is 47.6 Å². The number of amides is 3. The highest BCUT2D eigenvalue weighted by molar-refractivity contribution is 6.40. The smallest absolute Gasteiger partial charge is 0.329 e. The quantitative estimate of drug-likeness (QED) is 0.397. The van der Waals surface area contributed by atoms with Gasteiger partial charge in [-0.2, -0.15) is 5.10 Å². The molecule has 32 heavy (non-hydrogen) atoms. The monoisotopic (exact) mass is 440 g/mol. The molecule has 2 aromatic carbocycles. The lowest BCUT2D eigenvalue weighted by atomic mass is 10.1. The van der Waals surface area contributed by atoms with Gasteiger partial charge in [0.2, 0.25) is 0 Å². The molecule has 0 aliphatic carbocycles. The molecule has 10 heteroatoms. The summed E-state index contributed by atoms with van der Waals surface area (Å²) in [5, 5.41) is 6.27. The zero-order chi connectivity index (χ0) is 22.9. The molecule has 1 heterocycles. The van der Waals surface area contributed by atoms with E-state index in [1.807, 2.05) is 0 Å². The molecule has 0 atom stereocenters. The average molecular weight is 440 g/mol. The molecule has 0 radical (unpaired) electrons.